The first-order valence-corrected chi connectivity index (χ1v) is 7.98. The highest BCUT2D eigenvalue weighted by molar-refractivity contribution is 7.92. The smallest absolute Gasteiger partial charge is 0.279 e. The summed E-state index contributed by atoms with van der Waals surface area (Å²) in [7, 11) is -4.21. The molecule has 0 atom stereocenters. The summed E-state index contributed by atoms with van der Waals surface area (Å²) in [5.74, 6) is 0. The van der Waals surface area contributed by atoms with Crippen molar-refractivity contribution in [1.82, 2.24) is 0 Å². The molecule has 0 aromatic heterocycles. The molecule has 9 heteroatoms. The molecule has 22 heavy (non-hydrogen) atoms. The lowest BCUT2D eigenvalue weighted by Crippen LogP contribution is -2.17. The van der Waals surface area contributed by atoms with Crippen LogP contribution in [-0.2, 0) is 16.2 Å². The Morgan fingerprint density at radius 1 is 0.955 bits per heavy atom. The first-order chi connectivity index (χ1) is 10.1. The van der Waals surface area contributed by atoms with Crippen LogP contribution in [0.25, 0.3) is 0 Å². The van der Waals surface area contributed by atoms with Crippen molar-refractivity contribution in [3.05, 3.63) is 58.1 Å². The van der Waals surface area contributed by atoms with Crippen molar-refractivity contribution in [2.45, 2.75) is 11.1 Å². The number of hydrogen-bond acceptors (Lipinski definition) is 2. The minimum absolute atomic E-state index is 0.148. The topological polar surface area (TPSA) is 46.2 Å². The molecule has 2 rings (SSSR count). The van der Waals surface area contributed by atoms with E-state index in [1.807, 2.05) is 4.72 Å². The Morgan fingerprint density at radius 3 is 2.18 bits per heavy atom. The third-order valence-corrected chi connectivity index (χ3v) is 4.47. The minimum Gasteiger partial charge on any atom is -0.279 e. The van der Waals surface area contributed by atoms with E-state index in [1.54, 1.807) is 0 Å². The molecule has 3 nitrogen and oxygen atoms in total. The fraction of sp³-hybridized carbons (Fsp3) is 0.0769. The van der Waals surface area contributed by atoms with Gasteiger partial charge in [0.2, 0.25) is 0 Å². The van der Waals surface area contributed by atoms with Crippen molar-refractivity contribution in [1.29, 1.82) is 0 Å². The van der Waals surface area contributed by atoms with Gasteiger partial charge in [0.15, 0.2) is 0 Å². The van der Waals surface area contributed by atoms with Gasteiger partial charge >= 0.3 is 6.18 Å². The maximum absolute atomic E-state index is 13.0. The van der Waals surface area contributed by atoms with Crippen LogP contribution in [-0.4, -0.2) is 8.42 Å². The monoisotopic (exact) mass is 369 g/mol. The van der Waals surface area contributed by atoms with E-state index in [-0.39, 0.29) is 14.9 Å². The molecule has 0 amide bonds. The molecule has 0 bridgehead atoms. The van der Waals surface area contributed by atoms with Crippen LogP contribution in [0.3, 0.4) is 0 Å². The Balaban J connectivity index is 2.47. The lowest BCUT2D eigenvalue weighted by molar-refractivity contribution is -0.136. The third-order valence-electron chi connectivity index (χ3n) is 2.64. The van der Waals surface area contributed by atoms with Crippen LogP contribution in [0.2, 0.25) is 10.0 Å². The minimum atomic E-state index is -4.75. The molecular weight excluding hydrogens is 362 g/mol. The number of sulfonamides is 1. The van der Waals surface area contributed by atoms with Gasteiger partial charge in [0.05, 0.1) is 16.1 Å². The number of benzene rings is 2. The molecule has 0 saturated carbocycles. The Morgan fingerprint density at radius 2 is 1.59 bits per heavy atom. The van der Waals surface area contributed by atoms with E-state index in [9.17, 15) is 21.6 Å². The van der Waals surface area contributed by atoms with E-state index >= 15 is 0 Å². The van der Waals surface area contributed by atoms with Gasteiger partial charge in [-0.1, -0.05) is 29.3 Å². The molecule has 118 valence electrons. The van der Waals surface area contributed by atoms with E-state index in [2.05, 4.69) is 0 Å². The van der Waals surface area contributed by atoms with E-state index in [0.29, 0.717) is 6.07 Å². The zero-order valence-electron chi connectivity index (χ0n) is 10.7. The highest BCUT2D eigenvalue weighted by Gasteiger charge is 2.35. The molecular formula is C13H8Cl2F3NO2S. The number of rotatable bonds is 3. The summed E-state index contributed by atoms with van der Waals surface area (Å²) in [5, 5.41) is -0.00643. The first-order valence-electron chi connectivity index (χ1n) is 5.75. The van der Waals surface area contributed by atoms with Crippen molar-refractivity contribution >= 4 is 38.9 Å². The summed E-state index contributed by atoms with van der Waals surface area (Å²) < 4.78 is 65.1. The Labute approximate surface area is 134 Å². The van der Waals surface area contributed by atoms with Gasteiger partial charge in [-0.15, -0.1) is 0 Å². The molecule has 0 spiro atoms. The Kier molecular flexibility index (Phi) is 4.60. The van der Waals surface area contributed by atoms with Gasteiger partial charge in [-0.25, -0.2) is 8.42 Å². The van der Waals surface area contributed by atoms with Crippen LogP contribution >= 0.6 is 23.2 Å². The predicted molar refractivity (Wildman–Crippen MR) is 78.7 cm³/mol. The summed E-state index contributed by atoms with van der Waals surface area (Å²) in [4.78, 5) is -0.247. The largest absolute Gasteiger partial charge is 0.418 e. The second-order valence-corrected chi connectivity index (χ2v) is 6.81. The number of halogens is 5. The fourth-order valence-corrected chi connectivity index (χ4v) is 3.23. The van der Waals surface area contributed by atoms with E-state index in [0.717, 1.165) is 18.2 Å². The van der Waals surface area contributed by atoms with Crippen molar-refractivity contribution < 1.29 is 21.6 Å². The average molecular weight is 370 g/mol. The zero-order valence-corrected chi connectivity index (χ0v) is 13.0. The highest BCUT2D eigenvalue weighted by atomic mass is 35.5. The maximum Gasteiger partial charge on any atom is 0.418 e. The van der Waals surface area contributed by atoms with E-state index < -0.39 is 27.5 Å². The Hall–Kier alpha value is -1.44. The predicted octanol–water partition coefficient (Wildman–Crippen LogP) is 4.81. The van der Waals surface area contributed by atoms with Crippen LogP contribution in [0.4, 0.5) is 18.9 Å². The van der Waals surface area contributed by atoms with Crippen molar-refractivity contribution in [2.24, 2.45) is 0 Å². The van der Waals surface area contributed by atoms with Gasteiger partial charge in [-0.3, -0.25) is 4.72 Å². The molecule has 2 aromatic carbocycles. The van der Waals surface area contributed by atoms with Crippen molar-refractivity contribution in [3.8, 4) is 0 Å². The third kappa shape index (κ3) is 3.85. The molecule has 0 radical (unpaired) electrons. The van der Waals surface area contributed by atoms with Gasteiger partial charge in [-0.2, -0.15) is 13.2 Å². The molecule has 0 unspecified atom stereocenters. The number of anilines is 1. The van der Waals surface area contributed by atoms with Crippen LogP contribution in [0, 0.1) is 0 Å². The lowest BCUT2D eigenvalue weighted by atomic mass is 10.2. The first kappa shape index (κ1) is 16.9. The van der Waals surface area contributed by atoms with Gasteiger partial charge in [0, 0.05) is 10.0 Å². The van der Waals surface area contributed by atoms with Gasteiger partial charge in [-0.05, 0) is 36.4 Å². The molecule has 0 aliphatic carbocycles. The molecule has 1 N–H and O–H groups in total. The normalized spacial score (nSPS) is 12.2. The quantitative estimate of drug-likeness (QED) is 0.843. The van der Waals surface area contributed by atoms with E-state index in [4.69, 9.17) is 23.2 Å². The summed E-state index contributed by atoms with van der Waals surface area (Å²) in [5.41, 5.74) is -1.79. The van der Waals surface area contributed by atoms with Crippen LogP contribution in [0.5, 0.6) is 0 Å². The number of alkyl halides is 3. The van der Waals surface area contributed by atoms with Gasteiger partial charge < -0.3 is 0 Å². The van der Waals surface area contributed by atoms with Crippen LogP contribution in [0.15, 0.2) is 47.4 Å². The van der Waals surface area contributed by atoms with Gasteiger partial charge in [0.1, 0.15) is 0 Å². The Bertz CT molecular complexity index is 807. The molecule has 0 saturated heterocycles. The SMILES string of the molecule is O=S(=O)(Nc1ccc(Cl)cc1C(F)(F)F)c1cccc(Cl)c1. The molecule has 0 aliphatic heterocycles. The summed E-state index contributed by atoms with van der Waals surface area (Å²) >= 11 is 11.2. The number of nitrogens with one attached hydrogen (secondary N) is 1. The van der Waals surface area contributed by atoms with Gasteiger partial charge in [0.25, 0.3) is 10.0 Å². The van der Waals surface area contributed by atoms with Crippen molar-refractivity contribution in [2.75, 3.05) is 4.72 Å². The van der Waals surface area contributed by atoms with Crippen LogP contribution in [0.1, 0.15) is 5.56 Å². The highest BCUT2D eigenvalue weighted by Crippen LogP contribution is 2.37. The second-order valence-electron chi connectivity index (χ2n) is 4.25. The molecule has 0 fully saturated rings. The summed E-state index contributed by atoms with van der Waals surface area (Å²) in [6.45, 7) is 0. The average Bonchev–Trinajstić information content (AvgIpc) is 2.39. The second kappa shape index (κ2) is 5.98. The summed E-state index contributed by atoms with van der Waals surface area (Å²) in [6.07, 6.45) is -4.75. The standard InChI is InChI=1S/C13H8Cl2F3NO2S/c14-8-2-1-3-10(6-8)22(20,21)19-12-5-4-9(15)7-11(12)13(16,17)18/h1-7,19H. The maximum atomic E-state index is 13.0. The molecule has 2 aromatic rings. The molecule has 0 aliphatic rings. The summed E-state index contributed by atoms with van der Waals surface area (Å²) in [6, 6.07) is 7.94. The fourth-order valence-electron chi connectivity index (χ4n) is 1.68. The lowest BCUT2D eigenvalue weighted by Gasteiger charge is -2.15. The van der Waals surface area contributed by atoms with Crippen molar-refractivity contribution in [3.63, 3.8) is 0 Å². The van der Waals surface area contributed by atoms with E-state index in [1.165, 1.54) is 18.2 Å². The number of hydrogen-bond donors (Lipinski definition) is 1. The molecule has 0 heterocycles. The zero-order chi connectivity index (χ0) is 16.5. The van der Waals surface area contributed by atoms with Crippen LogP contribution < -0.4 is 4.72 Å².